The topological polar surface area (TPSA) is 82.1 Å². The van der Waals surface area contributed by atoms with Gasteiger partial charge in [0.15, 0.2) is 10.9 Å². The van der Waals surface area contributed by atoms with Gasteiger partial charge in [-0.2, -0.15) is 0 Å². The van der Waals surface area contributed by atoms with E-state index in [4.69, 9.17) is 0 Å². The molecule has 3 aromatic rings. The smallest absolute Gasteiger partial charge is 0.229 e. The summed E-state index contributed by atoms with van der Waals surface area (Å²) < 4.78 is 17.0. The van der Waals surface area contributed by atoms with Crippen LogP contribution in [0.4, 0.5) is 27.0 Å². The summed E-state index contributed by atoms with van der Waals surface area (Å²) in [5.74, 6) is 0.467. The summed E-state index contributed by atoms with van der Waals surface area (Å²) in [6, 6.07) is 4.40. The number of thiazole rings is 1. The highest BCUT2D eigenvalue weighted by Crippen LogP contribution is 2.35. The standard InChI is InChI=1S/C23H29FN8S2/c1-15-21(34-23(27-15)28-16-5-3-4-6-16)20-18(24)14-26-22(30-20)29-19-8-7-17(13-25-19)31-9-11-32(33-2)12-10-31/h7-8,13-14,16H,3-6,9-12H2,1-2H3,(H,27,28)(H,25,26,29,30). The van der Waals surface area contributed by atoms with Gasteiger partial charge in [-0.25, -0.2) is 28.6 Å². The maximum absolute atomic E-state index is 14.7. The van der Waals surface area contributed by atoms with Crippen LogP contribution in [0.15, 0.2) is 24.5 Å². The molecule has 11 heteroatoms. The molecule has 2 N–H and O–H groups in total. The first kappa shape index (κ1) is 23.3. The Labute approximate surface area is 207 Å². The van der Waals surface area contributed by atoms with E-state index in [1.807, 2.05) is 25.3 Å². The van der Waals surface area contributed by atoms with Crippen molar-refractivity contribution in [3.05, 3.63) is 36.0 Å². The molecule has 3 aromatic heterocycles. The lowest BCUT2D eigenvalue weighted by Gasteiger charge is -2.34. The Hall–Kier alpha value is -2.50. The Morgan fingerprint density at radius 3 is 2.56 bits per heavy atom. The minimum absolute atomic E-state index is 0.259. The number of aromatic nitrogens is 4. The van der Waals surface area contributed by atoms with Gasteiger partial charge in [-0.1, -0.05) is 36.1 Å². The number of nitrogens with one attached hydrogen (secondary N) is 2. The summed E-state index contributed by atoms with van der Waals surface area (Å²) >= 11 is 3.23. The fraction of sp³-hybridized carbons (Fsp3) is 0.478. The van der Waals surface area contributed by atoms with Crippen molar-refractivity contribution in [3.8, 4) is 10.6 Å². The summed E-state index contributed by atoms with van der Waals surface area (Å²) in [4.78, 5) is 20.8. The van der Waals surface area contributed by atoms with Crippen LogP contribution >= 0.6 is 23.3 Å². The SMILES string of the molecule is CSN1CCN(c2ccc(Nc3ncc(F)c(-c4sc(NC5CCCC5)nc4C)n3)nc2)CC1. The Bertz CT molecular complexity index is 1110. The molecular formula is C23H29FN8S2. The molecule has 8 nitrogen and oxygen atoms in total. The third-order valence-corrected chi connectivity index (χ3v) is 8.27. The minimum Gasteiger partial charge on any atom is -0.368 e. The number of pyridine rings is 1. The normalized spacial score (nSPS) is 17.3. The fourth-order valence-electron chi connectivity index (χ4n) is 4.40. The predicted molar refractivity (Wildman–Crippen MR) is 139 cm³/mol. The molecular weight excluding hydrogens is 471 g/mol. The van der Waals surface area contributed by atoms with Crippen LogP contribution in [-0.2, 0) is 0 Å². The zero-order valence-corrected chi connectivity index (χ0v) is 21.1. The number of halogens is 1. The van der Waals surface area contributed by atoms with Crippen molar-refractivity contribution in [2.75, 3.05) is 48.0 Å². The van der Waals surface area contributed by atoms with Crippen molar-refractivity contribution in [2.45, 2.75) is 38.6 Å². The molecule has 4 heterocycles. The van der Waals surface area contributed by atoms with Crippen molar-refractivity contribution in [1.29, 1.82) is 0 Å². The molecule has 0 radical (unpaired) electrons. The van der Waals surface area contributed by atoms with Crippen LogP contribution in [-0.4, -0.2) is 62.7 Å². The van der Waals surface area contributed by atoms with Gasteiger partial charge in [-0.3, -0.25) is 0 Å². The average Bonchev–Trinajstić information content (AvgIpc) is 3.50. The summed E-state index contributed by atoms with van der Waals surface area (Å²) in [5, 5.41) is 7.42. The first-order valence-electron chi connectivity index (χ1n) is 11.6. The Kier molecular flexibility index (Phi) is 7.12. The molecule has 180 valence electrons. The van der Waals surface area contributed by atoms with Crippen LogP contribution in [0, 0.1) is 12.7 Å². The van der Waals surface area contributed by atoms with Gasteiger partial charge in [0.25, 0.3) is 0 Å². The summed E-state index contributed by atoms with van der Waals surface area (Å²) in [6.07, 6.45) is 9.97. The zero-order chi connectivity index (χ0) is 23.5. The number of hydrogen-bond acceptors (Lipinski definition) is 10. The molecule has 2 fully saturated rings. The lowest BCUT2D eigenvalue weighted by Crippen LogP contribution is -2.43. The molecule has 0 aromatic carbocycles. The third-order valence-electron chi connectivity index (χ3n) is 6.29. The van der Waals surface area contributed by atoms with Crippen LogP contribution in [0.5, 0.6) is 0 Å². The van der Waals surface area contributed by atoms with E-state index in [0.29, 0.717) is 17.8 Å². The lowest BCUT2D eigenvalue weighted by molar-refractivity contribution is 0.431. The van der Waals surface area contributed by atoms with Gasteiger partial charge in [0, 0.05) is 32.2 Å². The van der Waals surface area contributed by atoms with Gasteiger partial charge in [0.2, 0.25) is 5.95 Å². The number of nitrogens with zero attached hydrogens (tertiary/aromatic N) is 6. The summed E-state index contributed by atoms with van der Waals surface area (Å²) in [5.41, 5.74) is 2.11. The molecule has 1 saturated carbocycles. The number of hydrogen-bond donors (Lipinski definition) is 2. The van der Waals surface area contributed by atoms with E-state index in [2.05, 4.69) is 46.0 Å². The summed E-state index contributed by atoms with van der Waals surface area (Å²) in [7, 11) is 0. The van der Waals surface area contributed by atoms with E-state index >= 15 is 0 Å². The van der Waals surface area contributed by atoms with Gasteiger partial charge >= 0.3 is 0 Å². The fourth-order valence-corrected chi connectivity index (χ4v) is 5.96. The van der Waals surface area contributed by atoms with E-state index in [1.54, 1.807) is 11.9 Å². The van der Waals surface area contributed by atoms with Crippen molar-refractivity contribution >= 4 is 45.9 Å². The highest BCUT2D eigenvalue weighted by Gasteiger charge is 2.21. The highest BCUT2D eigenvalue weighted by molar-refractivity contribution is 7.96. The second-order valence-electron chi connectivity index (χ2n) is 8.57. The van der Waals surface area contributed by atoms with Crippen LogP contribution in [0.25, 0.3) is 10.6 Å². The quantitative estimate of drug-likeness (QED) is 0.438. The molecule has 5 rings (SSSR count). The van der Waals surface area contributed by atoms with Crippen molar-refractivity contribution in [1.82, 2.24) is 24.2 Å². The second kappa shape index (κ2) is 10.4. The molecule has 0 atom stereocenters. The maximum atomic E-state index is 14.7. The van der Waals surface area contributed by atoms with E-state index in [1.165, 1.54) is 30.4 Å². The van der Waals surface area contributed by atoms with Gasteiger partial charge in [-0.15, -0.1) is 0 Å². The van der Waals surface area contributed by atoms with Gasteiger partial charge in [0.05, 0.1) is 28.7 Å². The molecule has 1 aliphatic heterocycles. The lowest BCUT2D eigenvalue weighted by atomic mass is 10.2. The maximum Gasteiger partial charge on any atom is 0.229 e. The largest absolute Gasteiger partial charge is 0.368 e. The van der Waals surface area contributed by atoms with Gasteiger partial charge in [0.1, 0.15) is 11.5 Å². The number of piperazine rings is 1. The predicted octanol–water partition coefficient (Wildman–Crippen LogP) is 4.94. The molecule has 34 heavy (non-hydrogen) atoms. The Morgan fingerprint density at radius 1 is 1.06 bits per heavy atom. The van der Waals surface area contributed by atoms with Crippen molar-refractivity contribution in [2.24, 2.45) is 0 Å². The molecule has 0 spiro atoms. The van der Waals surface area contributed by atoms with Crippen molar-refractivity contribution < 1.29 is 4.39 Å². The number of aryl methyl sites for hydroxylation is 1. The first-order chi connectivity index (χ1) is 16.6. The number of anilines is 4. The second-order valence-corrected chi connectivity index (χ2v) is 10.5. The molecule has 1 saturated heterocycles. The molecule has 0 unspecified atom stereocenters. The van der Waals surface area contributed by atoms with Crippen LogP contribution in [0.3, 0.4) is 0 Å². The van der Waals surface area contributed by atoms with E-state index in [9.17, 15) is 4.39 Å². The van der Waals surface area contributed by atoms with Gasteiger partial charge in [-0.05, 0) is 38.2 Å². The number of rotatable bonds is 7. The molecule has 0 bridgehead atoms. The monoisotopic (exact) mass is 500 g/mol. The Balaban J connectivity index is 1.28. The average molecular weight is 501 g/mol. The van der Waals surface area contributed by atoms with Crippen molar-refractivity contribution in [3.63, 3.8) is 0 Å². The van der Waals surface area contributed by atoms with Crippen LogP contribution in [0.1, 0.15) is 31.4 Å². The zero-order valence-electron chi connectivity index (χ0n) is 19.4. The van der Waals surface area contributed by atoms with E-state index in [0.717, 1.165) is 60.4 Å². The molecule has 0 amide bonds. The first-order valence-corrected chi connectivity index (χ1v) is 13.6. The van der Waals surface area contributed by atoms with Crippen LogP contribution in [0.2, 0.25) is 0 Å². The third kappa shape index (κ3) is 5.26. The molecule has 1 aliphatic carbocycles. The molecule has 2 aliphatic rings. The van der Waals surface area contributed by atoms with E-state index < -0.39 is 5.82 Å². The van der Waals surface area contributed by atoms with Gasteiger partial charge < -0.3 is 15.5 Å². The highest BCUT2D eigenvalue weighted by atomic mass is 32.2. The minimum atomic E-state index is -0.461. The Morgan fingerprint density at radius 2 is 1.85 bits per heavy atom. The summed E-state index contributed by atoms with van der Waals surface area (Å²) in [6.45, 7) is 5.90. The van der Waals surface area contributed by atoms with E-state index in [-0.39, 0.29) is 5.69 Å². The van der Waals surface area contributed by atoms with Crippen LogP contribution < -0.4 is 15.5 Å².